The number of ether oxygens (including phenoxy) is 1. The fourth-order valence-corrected chi connectivity index (χ4v) is 0.249. The van der Waals surface area contributed by atoms with E-state index in [-0.39, 0.29) is 31.6 Å². The Hall–Kier alpha value is 0.0274. The first-order chi connectivity index (χ1) is 3.63. The number of hydrogen-bond donors (Lipinski definition) is 1. The van der Waals surface area contributed by atoms with Crippen LogP contribution in [0.25, 0.3) is 0 Å². The number of amides is 1. The van der Waals surface area contributed by atoms with E-state index in [2.05, 4.69) is 0 Å². The van der Waals surface area contributed by atoms with Crippen molar-refractivity contribution in [2.45, 2.75) is 20.0 Å². The average Bonchev–Trinajstić information content (AvgIpc) is 1.61. The van der Waals surface area contributed by atoms with Crippen molar-refractivity contribution in [3.8, 4) is 0 Å². The van der Waals surface area contributed by atoms with Crippen molar-refractivity contribution in [2.24, 2.45) is 5.73 Å². The Balaban J connectivity index is 0. The minimum atomic E-state index is -0.418. The predicted octanol–water partition coefficient (Wildman–Crippen LogP) is -0.752. The first-order valence-electron chi connectivity index (χ1n) is 2.53. The molecule has 0 aromatic rings. The van der Waals surface area contributed by atoms with Crippen LogP contribution in [-0.4, -0.2) is 37.5 Å². The van der Waals surface area contributed by atoms with E-state index >= 15 is 0 Å². The second-order valence-corrected chi connectivity index (χ2v) is 1.83. The molecule has 0 atom stereocenters. The second-order valence-electron chi connectivity index (χ2n) is 1.83. The van der Waals surface area contributed by atoms with Gasteiger partial charge in [-0.15, -0.1) is 0 Å². The van der Waals surface area contributed by atoms with Crippen LogP contribution < -0.4 is 5.73 Å². The second kappa shape index (κ2) is 6.15. The topological polar surface area (TPSA) is 52.3 Å². The van der Waals surface area contributed by atoms with E-state index in [1.807, 2.05) is 13.8 Å². The van der Waals surface area contributed by atoms with Crippen LogP contribution >= 0.6 is 0 Å². The fourth-order valence-electron chi connectivity index (χ4n) is 0.249. The van der Waals surface area contributed by atoms with E-state index in [1.165, 1.54) is 0 Å². The van der Waals surface area contributed by atoms with Gasteiger partial charge in [0.25, 0.3) is 0 Å². The number of primary amides is 1. The van der Waals surface area contributed by atoms with E-state index in [1.54, 1.807) is 0 Å². The zero-order valence-corrected chi connectivity index (χ0v) is 5.18. The van der Waals surface area contributed by atoms with Crippen LogP contribution in [0.3, 0.4) is 0 Å². The molecule has 4 heteroatoms. The molecule has 0 saturated heterocycles. The van der Waals surface area contributed by atoms with Crippen LogP contribution in [0.2, 0.25) is 0 Å². The van der Waals surface area contributed by atoms with Gasteiger partial charge < -0.3 is 10.5 Å². The molecule has 0 aliphatic rings. The van der Waals surface area contributed by atoms with Crippen molar-refractivity contribution in [1.29, 1.82) is 0 Å². The molecule has 0 rings (SSSR count). The number of nitrogens with two attached hydrogens (primary N) is 1. The van der Waals surface area contributed by atoms with E-state index in [9.17, 15) is 4.79 Å². The quantitative estimate of drug-likeness (QED) is 0.504. The van der Waals surface area contributed by atoms with Crippen molar-refractivity contribution in [3.05, 3.63) is 0 Å². The molecule has 0 spiro atoms. The molecule has 1 amide bonds. The van der Waals surface area contributed by atoms with Gasteiger partial charge in [0, 0.05) is 0 Å². The molecule has 0 saturated carbocycles. The van der Waals surface area contributed by atoms with E-state index in [4.69, 9.17) is 10.5 Å². The summed E-state index contributed by atoms with van der Waals surface area (Å²) in [6.45, 7) is 3.73. The zero-order valence-electron chi connectivity index (χ0n) is 5.18. The normalized spacial score (nSPS) is 8.78. The molecule has 9 heavy (non-hydrogen) atoms. The maximum absolute atomic E-state index is 10.0. The predicted molar refractivity (Wildman–Crippen MR) is 37.4 cm³/mol. The minimum absolute atomic E-state index is 0. The molecule has 3 nitrogen and oxygen atoms in total. The summed E-state index contributed by atoms with van der Waals surface area (Å²) < 4.78 is 4.83. The third kappa shape index (κ3) is 11.5. The van der Waals surface area contributed by atoms with Crippen LogP contribution in [0.5, 0.6) is 0 Å². The Morgan fingerprint density at radius 1 is 1.67 bits per heavy atom. The number of hydrogen-bond acceptors (Lipinski definition) is 2. The van der Waals surface area contributed by atoms with Gasteiger partial charge in [-0.1, -0.05) is 0 Å². The molecule has 0 radical (unpaired) electrons. The molecule has 0 aliphatic heterocycles. The molecule has 2 N–H and O–H groups in total. The van der Waals surface area contributed by atoms with E-state index in [0.717, 1.165) is 0 Å². The maximum atomic E-state index is 10.0. The molecule has 0 aromatic carbocycles. The zero-order chi connectivity index (χ0) is 6.57. The molecular formula is C5H12LiNO2. The van der Waals surface area contributed by atoms with Gasteiger partial charge >= 0.3 is 18.9 Å². The molecular weight excluding hydrogens is 113 g/mol. The van der Waals surface area contributed by atoms with Gasteiger partial charge in [0.2, 0.25) is 5.91 Å². The van der Waals surface area contributed by atoms with Gasteiger partial charge in [0.1, 0.15) is 6.61 Å². The first kappa shape index (κ1) is 11.8. The molecule has 0 heterocycles. The Morgan fingerprint density at radius 2 is 2.11 bits per heavy atom. The van der Waals surface area contributed by atoms with Crippen LogP contribution in [0.15, 0.2) is 0 Å². The van der Waals surface area contributed by atoms with Crippen molar-refractivity contribution in [2.75, 3.05) is 6.61 Å². The summed E-state index contributed by atoms with van der Waals surface area (Å²) in [5.41, 5.74) is 4.78. The molecule has 0 aliphatic carbocycles. The van der Waals surface area contributed by atoms with E-state index in [0.29, 0.717) is 0 Å². The summed E-state index contributed by atoms with van der Waals surface area (Å²) in [6, 6.07) is 0. The van der Waals surface area contributed by atoms with Gasteiger partial charge in [0.05, 0.1) is 6.10 Å². The summed E-state index contributed by atoms with van der Waals surface area (Å²) >= 11 is 0. The van der Waals surface area contributed by atoms with Crippen molar-refractivity contribution in [1.82, 2.24) is 0 Å². The molecule has 0 unspecified atom stereocenters. The standard InChI is InChI=1S/C5H11NO2.Li.H/c1-4(2)8-3-5(6)7;;/h4H,3H2,1-2H3,(H2,6,7);;. The van der Waals surface area contributed by atoms with Crippen LogP contribution in [-0.2, 0) is 9.53 Å². The van der Waals surface area contributed by atoms with Crippen molar-refractivity contribution < 1.29 is 9.53 Å². The summed E-state index contributed by atoms with van der Waals surface area (Å²) in [5.74, 6) is -0.418. The Kier molecular flexibility index (Phi) is 8.05. The third-order valence-electron chi connectivity index (χ3n) is 0.559. The Bertz CT molecular complexity index is 85.0. The van der Waals surface area contributed by atoms with Gasteiger partial charge in [0.15, 0.2) is 0 Å². The Labute approximate surface area is 67.1 Å². The summed E-state index contributed by atoms with van der Waals surface area (Å²) in [6.07, 6.45) is 0.0856. The number of carbonyl (C=O) groups excluding carboxylic acids is 1. The van der Waals surface area contributed by atoms with Gasteiger partial charge in [-0.05, 0) is 13.8 Å². The SMILES string of the molecule is CC(C)OCC(N)=O.[LiH]. The Morgan fingerprint density at radius 3 is 2.22 bits per heavy atom. The van der Waals surface area contributed by atoms with Crippen molar-refractivity contribution in [3.63, 3.8) is 0 Å². The van der Waals surface area contributed by atoms with Crippen molar-refractivity contribution >= 4 is 24.8 Å². The van der Waals surface area contributed by atoms with Gasteiger partial charge in [-0.3, -0.25) is 4.79 Å². The fraction of sp³-hybridized carbons (Fsp3) is 0.800. The number of carbonyl (C=O) groups is 1. The summed E-state index contributed by atoms with van der Waals surface area (Å²) in [4.78, 5) is 10.0. The van der Waals surface area contributed by atoms with Crippen LogP contribution in [0.1, 0.15) is 13.8 Å². The third-order valence-corrected chi connectivity index (χ3v) is 0.559. The monoisotopic (exact) mass is 125 g/mol. The number of rotatable bonds is 3. The molecule has 0 bridgehead atoms. The molecule has 0 fully saturated rings. The van der Waals surface area contributed by atoms with Crippen LogP contribution in [0.4, 0.5) is 0 Å². The average molecular weight is 125 g/mol. The summed E-state index contributed by atoms with van der Waals surface area (Å²) in [5, 5.41) is 0. The van der Waals surface area contributed by atoms with Gasteiger partial charge in [-0.2, -0.15) is 0 Å². The molecule has 0 aromatic heterocycles. The summed E-state index contributed by atoms with van der Waals surface area (Å²) in [7, 11) is 0. The molecule has 50 valence electrons. The van der Waals surface area contributed by atoms with Crippen LogP contribution in [0, 0.1) is 0 Å². The van der Waals surface area contributed by atoms with E-state index < -0.39 is 5.91 Å². The van der Waals surface area contributed by atoms with Gasteiger partial charge in [-0.25, -0.2) is 0 Å². The first-order valence-corrected chi connectivity index (χ1v) is 2.53.